The minimum Gasteiger partial charge on any atom is -0.508 e. The van der Waals surface area contributed by atoms with Crippen LogP contribution in [0.5, 0.6) is 5.75 Å². The van der Waals surface area contributed by atoms with Crippen molar-refractivity contribution in [3.05, 3.63) is 101 Å². The van der Waals surface area contributed by atoms with Crippen molar-refractivity contribution in [1.82, 2.24) is 4.90 Å². The molecule has 0 aliphatic carbocycles. The van der Waals surface area contributed by atoms with Crippen molar-refractivity contribution in [3.63, 3.8) is 0 Å². The summed E-state index contributed by atoms with van der Waals surface area (Å²) in [5.74, 6) is 0.883. The second-order valence-electron chi connectivity index (χ2n) is 8.80. The van der Waals surface area contributed by atoms with Crippen LogP contribution in [-0.4, -0.2) is 41.9 Å². The monoisotopic (exact) mass is 463 g/mol. The maximum absolute atomic E-state index is 10.2. The average molecular weight is 464 g/mol. The van der Waals surface area contributed by atoms with E-state index < -0.39 is 0 Å². The van der Waals surface area contributed by atoms with Crippen molar-refractivity contribution in [2.24, 2.45) is 0 Å². The van der Waals surface area contributed by atoms with Crippen molar-refractivity contribution in [2.45, 2.75) is 31.6 Å². The van der Waals surface area contributed by atoms with Gasteiger partial charge in [-0.25, -0.2) is 0 Å². The number of aliphatic hydroxyl groups is 1. The number of nitrogens with zero attached hydrogens (tertiary/aromatic N) is 1. The van der Waals surface area contributed by atoms with Gasteiger partial charge in [0.1, 0.15) is 5.75 Å². The lowest BCUT2D eigenvalue weighted by Crippen LogP contribution is -2.29. The van der Waals surface area contributed by atoms with Crippen molar-refractivity contribution >= 4 is 23.6 Å². The molecule has 0 unspecified atom stereocenters. The Morgan fingerprint density at radius 1 is 0.848 bits per heavy atom. The minimum absolute atomic E-state index is 0. The quantitative estimate of drug-likeness (QED) is 0.401. The zero-order valence-electron chi connectivity index (χ0n) is 19.3. The van der Waals surface area contributed by atoms with Crippen LogP contribution in [0.3, 0.4) is 0 Å². The SMILES string of the molecule is CN1CCC(c2ccc(/C(=C(/CCCO)c3ccccc3)c3cccc(O)c3)cc2)CC1.Cl. The fraction of sp³-hybridized carbons (Fsp3) is 0.310. The number of hydrogen-bond acceptors (Lipinski definition) is 3. The number of halogens is 1. The molecular formula is C29H34ClNO2. The summed E-state index contributed by atoms with van der Waals surface area (Å²) in [6.45, 7) is 2.46. The van der Waals surface area contributed by atoms with Gasteiger partial charge in [-0.2, -0.15) is 0 Å². The summed E-state index contributed by atoms with van der Waals surface area (Å²) < 4.78 is 0. The second kappa shape index (κ2) is 12.0. The first-order valence-electron chi connectivity index (χ1n) is 11.6. The second-order valence-corrected chi connectivity index (χ2v) is 8.80. The molecule has 4 rings (SSSR count). The Morgan fingerprint density at radius 3 is 2.15 bits per heavy atom. The van der Waals surface area contributed by atoms with Crippen molar-refractivity contribution in [1.29, 1.82) is 0 Å². The highest BCUT2D eigenvalue weighted by atomic mass is 35.5. The van der Waals surface area contributed by atoms with Crippen LogP contribution in [0.4, 0.5) is 0 Å². The number of phenols is 1. The Labute approximate surface area is 203 Å². The molecule has 0 atom stereocenters. The van der Waals surface area contributed by atoms with Crippen LogP contribution in [0.2, 0.25) is 0 Å². The predicted molar refractivity (Wildman–Crippen MR) is 140 cm³/mol. The Balaban J connectivity index is 0.00000306. The van der Waals surface area contributed by atoms with Gasteiger partial charge in [0, 0.05) is 6.61 Å². The van der Waals surface area contributed by atoms with E-state index in [4.69, 9.17) is 0 Å². The number of allylic oxidation sites excluding steroid dienone is 1. The number of benzene rings is 3. The lowest BCUT2D eigenvalue weighted by atomic mass is 9.85. The van der Waals surface area contributed by atoms with Crippen LogP contribution < -0.4 is 0 Å². The van der Waals surface area contributed by atoms with E-state index in [0.717, 1.165) is 41.8 Å². The highest BCUT2D eigenvalue weighted by Gasteiger charge is 2.19. The molecule has 0 aromatic heterocycles. The molecule has 3 aromatic carbocycles. The molecule has 2 N–H and O–H groups in total. The van der Waals surface area contributed by atoms with Gasteiger partial charge >= 0.3 is 0 Å². The van der Waals surface area contributed by atoms with E-state index in [1.807, 2.05) is 18.2 Å². The van der Waals surface area contributed by atoms with Crippen LogP contribution in [0.25, 0.3) is 11.1 Å². The predicted octanol–water partition coefficient (Wildman–Crippen LogP) is 6.35. The molecule has 1 fully saturated rings. The van der Waals surface area contributed by atoms with Gasteiger partial charge in [0.15, 0.2) is 0 Å². The molecule has 0 bridgehead atoms. The Bertz CT molecular complexity index is 1040. The van der Waals surface area contributed by atoms with Gasteiger partial charge in [0.2, 0.25) is 0 Å². The summed E-state index contributed by atoms with van der Waals surface area (Å²) in [6, 6.07) is 26.9. The fourth-order valence-corrected chi connectivity index (χ4v) is 4.75. The number of aliphatic hydroxyl groups excluding tert-OH is 1. The summed E-state index contributed by atoms with van der Waals surface area (Å²) >= 11 is 0. The first-order chi connectivity index (χ1) is 15.7. The third-order valence-electron chi connectivity index (χ3n) is 6.53. The first kappa shape index (κ1) is 25.0. The summed E-state index contributed by atoms with van der Waals surface area (Å²) in [6.07, 6.45) is 3.87. The average Bonchev–Trinajstić information content (AvgIpc) is 2.83. The fourth-order valence-electron chi connectivity index (χ4n) is 4.75. The van der Waals surface area contributed by atoms with Gasteiger partial charge in [0.05, 0.1) is 0 Å². The van der Waals surface area contributed by atoms with Gasteiger partial charge in [-0.1, -0.05) is 66.7 Å². The van der Waals surface area contributed by atoms with Gasteiger partial charge in [0.25, 0.3) is 0 Å². The highest BCUT2D eigenvalue weighted by Crippen LogP contribution is 2.37. The van der Waals surface area contributed by atoms with Crippen LogP contribution in [-0.2, 0) is 0 Å². The van der Waals surface area contributed by atoms with Gasteiger partial charge < -0.3 is 15.1 Å². The number of rotatable bonds is 7. The van der Waals surface area contributed by atoms with Gasteiger partial charge in [-0.3, -0.25) is 0 Å². The zero-order valence-corrected chi connectivity index (χ0v) is 20.1. The van der Waals surface area contributed by atoms with E-state index in [1.165, 1.54) is 24.0 Å². The normalized spacial score (nSPS) is 15.6. The molecule has 174 valence electrons. The third kappa shape index (κ3) is 6.26. The Morgan fingerprint density at radius 2 is 1.52 bits per heavy atom. The van der Waals surface area contributed by atoms with E-state index in [0.29, 0.717) is 12.3 Å². The lowest BCUT2D eigenvalue weighted by molar-refractivity contribution is 0.255. The molecule has 1 heterocycles. The molecule has 0 saturated carbocycles. The number of aromatic hydroxyl groups is 1. The van der Waals surface area contributed by atoms with Crippen LogP contribution in [0.1, 0.15) is 53.9 Å². The van der Waals surface area contributed by atoms with Crippen LogP contribution >= 0.6 is 12.4 Å². The third-order valence-corrected chi connectivity index (χ3v) is 6.53. The van der Waals surface area contributed by atoms with E-state index in [-0.39, 0.29) is 24.8 Å². The Hall–Kier alpha value is -2.59. The van der Waals surface area contributed by atoms with Crippen LogP contribution in [0, 0.1) is 0 Å². The number of piperidine rings is 1. The molecular weight excluding hydrogens is 430 g/mol. The van der Waals surface area contributed by atoms with E-state index in [2.05, 4.69) is 66.5 Å². The maximum Gasteiger partial charge on any atom is 0.116 e. The molecule has 1 aliphatic rings. The lowest BCUT2D eigenvalue weighted by Gasteiger charge is -2.29. The molecule has 0 spiro atoms. The molecule has 0 amide bonds. The van der Waals surface area contributed by atoms with Gasteiger partial charge in [-0.15, -0.1) is 12.4 Å². The van der Waals surface area contributed by atoms with Gasteiger partial charge in [-0.05, 0) is 97.3 Å². The van der Waals surface area contributed by atoms with E-state index in [1.54, 1.807) is 6.07 Å². The molecule has 3 nitrogen and oxygen atoms in total. The molecule has 4 heteroatoms. The highest BCUT2D eigenvalue weighted by molar-refractivity contribution is 5.98. The smallest absolute Gasteiger partial charge is 0.116 e. The molecule has 33 heavy (non-hydrogen) atoms. The molecule has 1 saturated heterocycles. The first-order valence-corrected chi connectivity index (χ1v) is 11.6. The van der Waals surface area contributed by atoms with Crippen molar-refractivity contribution in [3.8, 4) is 5.75 Å². The standard InChI is InChI=1S/C29H33NO2.ClH/c1-30-18-16-23(17-19-30)22-12-14-25(15-13-22)29(26-9-5-10-27(32)21-26)28(11-6-20-31)24-7-3-2-4-8-24;/h2-5,7-10,12-15,21,23,31-32H,6,11,16-20H2,1H3;1H/b29-28+;. The topological polar surface area (TPSA) is 43.7 Å². The molecule has 0 radical (unpaired) electrons. The van der Waals surface area contributed by atoms with E-state index in [9.17, 15) is 10.2 Å². The number of phenolic OH excluding ortho intramolecular Hbond substituents is 1. The van der Waals surface area contributed by atoms with E-state index >= 15 is 0 Å². The zero-order chi connectivity index (χ0) is 22.3. The van der Waals surface area contributed by atoms with Crippen molar-refractivity contribution in [2.75, 3.05) is 26.7 Å². The molecule has 3 aromatic rings. The summed E-state index contributed by atoms with van der Waals surface area (Å²) in [5, 5.41) is 19.8. The summed E-state index contributed by atoms with van der Waals surface area (Å²) in [5.41, 5.74) is 7.01. The van der Waals surface area contributed by atoms with Crippen molar-refractivity contribution < 1.29 is 10.2 Å². The van der Waals surface area contributed by atoms with Crippen LogP contribution in [0.15, 0.2) is 78.9 Å². The summed E-state index contributed by atoms with van der Waals surface area (Å²) in [7, 11) is 2.20. The summed E-state index contributed by atoms with van der Waals surface area (Å²) in [4.78, 5) is 2.40. The largest absolute Gasteiger partial charge is 0.508 e. The minimum atomic E-state index is 0. The maximum atomic E-state index is 10.2. The Kier molecular flexibility index (Phi) is 9.13. The number of likely N-dealkylation sites (tertiary alicyclic amines) is 1. The molecule has 1 aliphatic heterocycles. The number of hydrogen-bond donors (Lipinski definition) is 2.